The fourth-order valence-corrected chi connectivity index (χ4v) is 2.53. The molecule has 27 heavy (non-hydrogen) atoms. The van der Waals surface area contributed by atoms with Crippen LogP contribution in [0.15, 0.2) is 84.0 Å². The fourth-order valence-electron chi connectivity index (χ4n) is 2.53. The number of nitrogen functional groups attached to an aromatic ring is 1. The summed E-state index contributed by atoms with van der Waals surface area (Å²) in [6.45, 7) is 1.69. The maximum atomic E-state index is 11.9. The van der Waals surface area contributed by atoms with Crippen molar-refractivity contribution in [1.29, 1.82) is 0 Å². The lowest BCUT2D eigenvalue weighted by Crippen LogP contribution is -2.25. The number of hydrazone groups is 1. The predicted molar refractivity (Wildman–Crippen MR) is 109 cm³/mol. The van der Waals surface area contributed by atoms with E-state index in [1.54, 1.807) is 19.1 Å². The minimum absolute atomic E-state index is 0.113. The maximum Gasteiger partial charge on any atom is 0.277 e. The smallest absolute Gasteiger partial charge is 0.277 e. The Balaban J connectivity index is 1.52. The number of nitrogens with zero attached hydrogens (tertiary/aromatic N) is 1. The highest BCUT2D eigenvalue weighted by molar-refractivity contribution is 5.99. The lowest BCUT2D eigenvalue weighted by molar-refractivity contribution is -0.123. The Kier molecular flexibility index (Phi) is 5.84. The maximum absolute atomic E-state index is 11.9. The fraction of sp³-hybridized carbons (Fsp3) is 0.0909. The van der Waals surface area contributed by atoms with Crippen molar-refractivity contribution in [2.24, 2.45) is 5.10 Å². The van der Waals surface area contributed by atoms with Gasteiger partial charge in [-0.25, -0.2) is 5.43 Å². The molecule has 5 nitrogen and oxygen atoms in total. The molecule has 3 aromatic rings. The Morgan fingerprint density at radius 1 is 0.963 bits per heavy atom. The van der Waals surface area contributed by atoms with Crippen molar-refractivity contribution in [3.63, 3.8) is 0 Å². The minimum atomic E-state index is -0.328. The van der Waals surface area contributed by atoms with Crippen LogP contribution >= 0.6 is 0 Å². The molecule has 0 heterocycles. The van der Waals surface area contributed by atoms with Gasteiger partial charge in [0.15, 0.2) is 6.61 Å². The first kappa shape index (κ1) is 18.2. The number of nitrogens with one attached hydrogen (secondary N) is 1. The highest BCUT2D eigenvalue weighted by Gasteiger charge is 2.04. The van der Waals surface area contributed by atoms with Crippen molar-refractivity contribution < 1.29 is 9.53 Å². The predicted octanol–water partition coefficient (Wildman–Crippen LogP) is 3.86. The molecule has 0 bridgehead atoms. The molecule has 0 fully saturated rings. The summed E-state index contributed by atoms with van der Waals surface area (Å²) in [5.41, 5.74) is 12.6. The van der Waals surface area contributed by atoms with E-state index < -0.39 is 0 Å². The molecular weight excluding hydrogens is 338 g/mol. The van der Waals surface area contributed by atoms with Crippen LogP contribution in [0.1, 0.15) is 12.5 Å². The molecule has 3 rings (SSSR count). The molecule has 0 aromatic heterocycles. The summed E-state index contributed by atoms with van der Waals surface area (Å²) in [4.78, 5) is 11.9. The van der Waals surface area contributed by atoms with Crippen LogP contribution in [0, 0.1) is 0 Å². The number of hydrogen-bond donors (Lipinski definition) is 2. The van der Waals surface area contributed by atoms with Gasteiger partial charge in [0, 0.05) is 5.69 Å². The van der Waals surface area contributed by atoms with Crippen molar-refractivity contribution in [2.75, 3.05) is 12.3 Å². The van der Waals surface area contributed by atoms with Crippen LogP contribution in [0.5, 0.6) is 5.75 Å². The van der Waals surface area contributed by atoms with E-state index in [1.165, 1.54) is 0 Å². The molecule has 0 aliphatic heterocycles. The molecule has 3 N–H and O–H groups in total. The van der Waals surface area contributed by atoms with E-state index >= 15 is 0 Å². The molecule has 3 aromatic carbocycles. The molecule has 0 aliphatic rings. The zero-order valence-electron chi connectivity index (χ0n) is 15.1. The molecule has 0 saturated heterocycles. The van der Waals surface area contributed by atoms with E-state index in [1.807, 2.05) is 66.7 Å². The molecule has 1 amide bonds. The Labute approximate surface area is 158 Å². The lowest BCUT2D eigenvalue weighted by atomic mass is 10.1. The number of hydrogen-bond acceptors (Lipinski definition) is 4. The van der Waals surface area contributed by atoms with E-state index in [9.17, 15) is 4.79 Å². The number of amides is 1. The van der Waals surface area contributed by atoms with E-state index in [0.717, 1.165) is 16.7 Å². The average Bonchev–Trinajstić information content (AvgIpc) is 2.71. The molecule has 0 radical (unpaired) electrons. The van der Waals surface area contributed by atoms with Gasteiger partial charge in [0.25, 0.3) is 5.91 Å². The first-order chi connectivity index (χ1) is 13.1. The van der Waals surface area contributed by atoms with E-state index in [2.05, 4.69) is 10.5 Å². The van der Waals surface area contributed by atoms with Gasteiger partial charge in [0.1, 0.15) is 5.75 Å². The number of ether oxygens (including phenoxy) is 1. The number of rotatable bonds is 6. The molecule has 0 unspecified atom stereocenters. The summed E-state index contributed by atoms with van der Waals surface area (Å²) in [6.07, 6.45) is 0. The van der Waals surface area contributed by atoms with Crippen molar-refractivity contribution in [3.8, 4) is 16.9 Å². The van der Waals surface area contributed by atoms with Gasteiger partial charge >= 0.3 is 0 Å². The summed E-state index contributed by atoms with van der Waals surface area (Å²) in [7, 11) is 0. The summed E-state index contributed by atoms with van der Waals surface area (Å²) in [5.74, 6) is 0.298. The Bertz CT molecular complexity index is 935. The first-order valence-electron chi connectivity index (χ1n) is 8.59. The van der Waals surface area contributed by atoms with Gasteiger partial charge in [-0.15, -0.1) is 0 Å². The van der Waals surface area contributed by atoms with Crippen molar-refractivity contribution in [1.82, 2.24) is 5.43 Å². The minimum Gasteiger partial charge on any atom is -0.484 e. The zero-order chi connectivity index (χ0) is 19.1. The molecular formula is C22H21N3O2. The van der Waals surface area contributed by atoms with Gasteiger partial charge in [-0.05, 0) is 47.9 Å². The molecule has 0 aliphatic carbocycles. The van der Waals surface area contributed by atoms with Crippen LogP contribution in [0.25, 0.3) is 11.1 Å². The average molecular weight is 359 g/mol. The zero-order valence-corrected chi connectivity index (χ0v) is 15.1. The number of nitrogens with two attached hydrogens (primary N) is 1. The number of carbonyl (C=O) groups excluding carboxylic acids is 1. The lowest BCUT2D eigenvalue weighted by Gasteiger charge is -2.07. The van der Waals surface area contributed by atoms with Crippen LogP contribution in [0.2, 0.25) is 0 Å². The van der Waals surface area contributed by atoms with Gasteiger partial charge in [-0.1, -0.05) is 54.6 Å². The molecule has 5 heteroatoms. The number of anilines is 1. The molecule has 0 atom stereocenters. The van der Waals surface area contributed by atoms with Crippen LogP contribution < -0.4 is 15.9 Å². The Morgan fingerprint density at radius 3 is 2.37 bits per heavy atom. The van der Waals surface area contributed by atoms with E-state index in [0.29, 0.717) is 17.1 Å². The van der Waals surface area contributed by atoms with Crippen LogP contribution in [0.3, 0.4) is 0 Å². The topological polar surface area (TPSA) is 76.7 Å². The van der Waals surface area contributed by atoms with Crippen molar-refractivity contribution in [3.05, 3.63) is 84.4 Å². The highest BCUT2D eigenvalue weighted by Crippen LogP contribution is 2.21. The Morgan fingerprint density at radius 2 is 1.67 bits per heavy atom. The standard InChI is InChI=1S/C22H21N3O2/c1-16(19-8-5-9-20(23)14-19)24-25-22(26)15-27-21-12-10-18(11-13-21)17-6-3-2-4-7-17/h2-14H,15,23H2,1H3,(H,25,26)/b24-16-. The van der Waals surface area contributed by atoms with Gasteiger partial charge in [0.2, 0.25) is 0 Å². The largest absolute Gasteiger partial charge is 0.484 e. The van der Waals surface area contributed by atoms with Gasteiger partial charge in [-0.2, -0.15) is 5.10 Å². The molecule has 0 spiro atoms. The quantitative estimate of drug-likeness (QED) is 0.399. The normalized spacial score (nSPS) is 11.1. The number of benzene rings is 3. The molecule has 136 valence electrons. The van der Waals surface area contributed by atoms with Gasteiger partial charge in [0.05, 0.1) is 5.71 Å². The van der Waals surface area contributed by atoms with Crippen LogP contribution in [-0.4, -0.2) is 18.2 Å². The van der Waals surface area contributed by atoms with Crippen molar-refractivity contribution in [2.45, 2.75) is 6.92 Å². The highest BCUT2D eigenvalue weighted by atomic mass is 16.5. The van der Waals surface area contributed by atoms with Gasteiger partial charge < -0.3 is 10.5 Å². The third-order valence-electron chi connectivity index (χ3n) is 3.98. The van der Waals surface area contributed by atoms with Crippen LogP contribution in [-0.2, 0) is 4.79 Å². The van der Waals surface area contributed by atoms with E-state index in [4.69, 9.17) is 10.5 Å². The second-order valence-corrected chi connectivity index (χ2v) is 6.04. The summed E-state index contributed by atoms with van der Waals surface area (Å²) in [6, 6.07) is 25.0. The van der Waals surface area contributed by atoms with E-state index in [-0.39, 0.29) is 12.5 Å². The SMILES string of the molecule is C/C(=N/NC(=O)COc1ccc(-c2ccccc2)cc1)c1cccc(N)c1. The monoisotopic (exact) mass is 359 g/mol. The Hall–Kier alpha value is -3.60. The summed E-state index contributed by atoms with van der Waals surface area (Å²) < 4.78 is 5.51. The third-order valence-corrected chi connectivity index (χ3v) is 3.98. The third kappa shape index (κ3) is 5.19. The van der Waals surface area contributed by atoms with Gasteiger partial charge in [-0.3, -0.25) is 4.79 Å². The summed E-state index contributed by atoms with van der Waals surface area (Å²) in [5, 5.41) is 4.08. The second-order valence-electron chi connectivity index (χ2n) is 6.04. The number of carbonyl (C=O) groups is 1. The first-order valence-corrected chi connectivity index (χ1v) is 8.59. The molecule has 0 saturated carbocycles. The van der Waals surface area contributed by atoms with Crippen LogP contribution in [0.4, 0.5) is 5.69 Å². The second kappa shape index (κ2) is 8.67. The van der Waals surface area contributed by atoms with Crippen molar-refractivity contribution >= 4 is 17.3 Å². The summed E-state index contributed by atoms with van der Waals surface area (Å²) >= 11 is 0.